The van der Waals surface area contributed by atoms with Gasteiger partial charge >= 0.3 is 0 Å². The van der Waals surface area contributed by atoms with E-state index in [0.717, 1.165) is 25.2 Å². The fourth-order valence-corrected chi connectivity index (χ4v) is 3.58. The van der Waals surface area contributed by atoms with Crippen LogP contribution in [0.25, 0.3) is 0 Å². The summed E-state index contributed by atoms with van der Waals surface area (Å²) in [5.74, 6) is -0.00327. The molecule has 0 radical (unpaired) electrons. The Hall–Kier alpha value is -1.62. The molecule has 0 aromatic carbocycles. The number of rotatable bonds is 4. The second-order valence-electron chi connectivity index (χ2n) is 5.92. The zero-order valence-electron chi connectivity index (χ0n) is 12.6. The van der Waals surface area contributed by atoms with Crippen LogP contribution in [0.1, 0.15) is 43.0 Å². The summed E-state index contributed by atoms with van der Waals surface area (Å²) in [6, 6.07) is 2.68. The first kappa shape index (κ1) is 14.3. The van der Waals surface area contributed by atoms with Crippen molar-refractivity contribution < 1.29 is 4.79 Å². The fraction of sp³-hybridized carbons (Fsp3) is 0.625. The smallest absolute Gasteiger partial charge is 0.255 e. The summed E-state index contributed by atoms with van der Waals surface area (Å²) in [7, 11) is 0. The van der Waals surface area contributed by atoms with Crippen molar-refractivity contribution in [2.75, 3.05) is 25.0 Å². The van der Waals surface area contributed by atoms with Crippen LogP contribution in [0.5, 0.6) is 0 Å². The Bertz CT molecular complexity index is 505. The summed E-state index contributed by atoms with van der Waals surface area (Å²) in [5, 5.41) is 6.46. The molecule has 5 nitrogen and oxygen atoms in total. The predicted molar refractivity (Wildman–Crippen MR) is 83.5 cm³/mol. The van der Waals surface area contributed by atoms with Gasteiger partial charge in [-0.1, -0.05) is 6.42 Å². The number of aromatic nitrogens is 1. The number of hydrogen-bond donors (Lipinski definition) is 2. The van der Waals surface area contributed by atoms with Gasteiger partial charge in [0.25, 0.3) is 5.91 Å². The molecule has 2 unspecified atom stereocenters. The van der Waals surface area contributed by atoms with Gasteiger partial charge in [-0.15, -0.1) is 0 Å². The molecule has 1 aromatic rings. The van der Waals surface area contributed by atoms with E-state index < -0.39 is 0 Å². The number of nitrogens with zero attached hydrogens (tertiary/aromatic N) is 2. The van der Waals surface area contributed by atoms with E-state index in [2.05, 4.69) is 20.5 Å². The number of amides is 1. The highest BCUT2D eigenvalue weighted by Gasteiger charge is 2.36. The molecule has 0 spiro atoms. The lowest BCUT2D eigenvalue weighted by Gasteiger charge is -2.32. The Morgan fingerprint density at radius 3 is 3.14 bits per heavy atom. The Morgan fingerprint density at radius 1 is 1.38 bits per heavy atom. The Kier molecular flexibility index (Phi) is 4.39. The minimum atomic E-state index is -0.00327. The highest BCUT2D eigenvalue weighted by atomic mass is 16.1. The first-order valence-corrected chi connectivity index (χ1v) is 8.02. The highest BCUT2D eigenvalue weighted by Crippen LogP contribution is 2.27. The molecule has 0 aliphatic carbocycles. The summed E-state index contributed by atoms with van der Waals surface area (Å²) in [6.45, 7) is 5.12. The van der Waals surface area contributed by atoms with Gasteiger partial charge in [0.2, 0.25) is 0 Å². The monoisotopic (exact) mass is 288 g/mol. The maximum Gasteiger partial charge on any atom is 0.255 e. The van der Waals surface area contributed by atoms with Crippen molar-refractivity contribution in [2.24, 2.45) is 0 Å². The molecule has 1 aromatic heterocycles. The van der Waals surface area contributed by atoms with Gasteiger partial charge in [-0.2, -0.15) is 0 Å². The third-order valence-electron chi connectivity index (χ3n) is 4.61. The minimum absolute atomic E-state index is 0.00327. The van der Waals surface area contributed by atoms with Gasteiger partial charge in [0, 0.05) is 37.6 Å². The second-order valence-corrected chi connectivity index (χ2v) is 5.92. The van der Waals surface area contributed by atoms with Crippen molar-refractivity contribution in [3.63, 3.8) is 0 Å². The molecule has 2 atom stereocenters. The third-order valence-corrected chi connectivity index (χ3v) is 4.61. The number of nitrogens with one attached hydrogen (secondary N) is 2. The molecule has 0 bridgehead atoms. The molecular weight excluding hydrogens is 264 g/mol. The lowest BCUT2D eigenvalue weighted by molar-refractivity contribution is 0.0916. The van der Waals surface area contributed by atoms with Crippen molar-refractivity contribution in [3.05, 3.63) is 24.0 Å². The van der Waals surface area contributed by atoms with Crippen molar-refractivity contribution in [3.8, 4) is 0 Å². The van der Waals surface area contributed by atoms with Gasteiger partial charge in [-0.05, 0) is 38.8 Å². The molecule has 114 valence electrons. The van der Waals surface area contributed by atoms with Crippen LogP contribution in [0.15, 0.2) is 18.5 Å². The second kappa shape index (κ2) is 6.43. The minimum Gasteiger partial charge on any atom is -0.385 e. The van der Waals surface area contributed by atoms with Crippen LogP contribution in [0, 0.1) is 0 Å². The number of hydrogen-bond acceptors (Lipinski definition) is 4. The van der Waals surface area contributed by atoms with Gasteiger partial charge < -0.3 is 10.6 Å². The molecule has 0 saturated carbocycles. The lowest BCUT2D eigenvalue weighted by atomic mass is 9.99. The van der Waals surface area contributed by atoms with Gasteiger partial charge in [0.05, 0.1) is 11.3 Å². The van der Waals surface area contributed by atoms with Crippen LogP contribution in [0.4, 0.5) is 5.69 Å². The standard InChI is InChI=1S/C16H24N4O/c1-2-18-13-6-8-17-11-12(13)16(21)19-14-7-10-20-9-4-3-5-15(14)20/h6,8,11,14-15H,2-5,7,9-10H2,1H3,(H,17,18)(H,19,21). The number of anilines is 1. The predicted octanol–water partition coefficient (Wildman–Crippen LogP) is 1.87. The normalized spacial score (nSPS) is 25.4. The molecule has 2 fully saturated rings. The maximum atomic E-state index is 12.6. The molecule has 21 heavy (non-hydrogen) atoms. The van der Waals surface area contributed by atoms with Gasteiger partial charge in [-0.25, -0.2) is 0 Å². The summed E-state index contributed by atoms with van der Waals surface area (Å²) in [4.78, 5) is 19.2. The van der Waals surface area contributed by atoms with Gasteiger partial charge in [-0.3, -0.25) is 14.7 Å². The van der Waals surface area contributed by atoms with Crippen molar-refractivity contribution in [2.45, 2.75) is 44.7 Å². The topological polar surface area (TPSA) is 57.3 Å². The summed E-state index contributed by atoms with van der Waals surface area (Å²) in [5.41, 5.74) is 1.51. The summed E-state index contributed by atoms with van der Waals surface area (Å²) >= 11 is 0. The Balaban J connectivity index is 1.69. The van der Waals surface area contributed by atoms with E-state index >= 15 is 0 Å². The highest BCUT2D eigenvalue weighted by molar-refractivity contribution is 5.99. The first-order chi connectivity index (χ1) is 10.3. The Labute approximate surface area is 126 Å². The summed E-state index contributed by atoms with van der Waals surface area (Å²) in [6.07, 6.45) is 8.22. The van der Waals surface area contributed by atoms with E-state index in [1.54, 1.807) is 12.4 Å². The molecule has 1 amide bonds. The maximum absolute atomic E-state index is 12.6. The van der Waals surface area contributed by atoms with E-state index in [1.165, 1.54) is 25.8 Å². The van der Waals surface area contributed by atoms with E-state index in [4.69, 9.17) is 0 Å². The molecule has 2 aliphatic heterocycles. The lowest BCUT2D eigenvalue weighted by Crippen LogP contribution is -2.46. The number of piperidine rings is 1. The zero-order chi connectivity index (χ0) is 14.7. The third kappa shape index (κ3) is 3.02. The Morgan fingerprint density at radius 2 is 2.29 bits per heavy atom. The van der Waals surface area contributed by atoms with Crippen LogP contribution in [-0.2, 0) is 0 Å². The molecule has 3 heterocycles. The quantitative estimate of drug-likeness (QED) is 0.888. The van der Waals surface area contributed by atoms with Crippen molar-refractivity contribution >= 4 is 11.6 Å². The molecule has 2 saturated heterocycles. The summed E-state index contributed by atoms with van der Waals surface area (Å²) < 4.78 is 0. The molecule has 5 heteroatoms. The largest absolute Gasteiger partial charge is 0.385 e. The number of fused-ring (bicyclic) bond motifs is 1. The van der Waals surface area contributed by atoms with Gasteiger partial charge in [0.1, 0.15) is 0 Å². The molecular formula is C16H24N4O. The van der Waals surface area contributed by atoms with Crippen LogP contribution < -0.4 is 10.6 Å². The average molecular weight is 288 g/mol. The van der Waals surface area contributed by atoms with Crippen molar-refractivity contribution in [1.82, 2.24) is 15.2 Å². The van der Waals surface area contributed by atoms with Crippen LogP contribution in [0.2, 0.25) is 0 Å². The fourth-order valence-electron chi connectivity index (χ4n) is 3.58. The molecule has 2 aliphatic rings. The number of carbonyl (C=O) groups is 1. The van der Waals surface area contributed by atoms with E-state index in [0.29, 0.717) is 11.6 Å². The number of pyridine rings is 1. The van der Waals surface area contributed by atoms with Gasteiger partial charge in [0.15, 0.2) is 0 Å². The average Bonchev–Trinajstić information content (AvgIpc) is 2.91. The van der Waals surface area contributed by atoms with Crippen LogP contribution >= 0.6 is 0 Å². The number of carbonyl (C=O) groups excluding carboxylic acids is 1. The van der Waals surface area contributed by atoms with E-state index in [-0.39, 0.29) is 11.9 Å². The van der Waals surface area contributed by atoms with Crippen LogP contribution in [0.3, 0.4) is 0 Å². The van der Waals surface area contributed by atoms with Crippen LogP contribution in [-0.4, -0.2) is 47.5 Å². The van der Waals surface area contributed by atoms with E-state index in [9.17, 15) is 4.79 Å². The van der Waals surface area contributed by atoms with E-state index in [1.807, 2.05) is 13.0 Å². The zero-order valence-corrected chi connectivity index (χ0v) is 12.6. The SMILES string of the molecule is CCNc1ccncc1C(=O)NC1CCN2CCCCC12. The first-order valence-electron chi connectivity index (χ1n) is 8.02. The molecule has 3 rings (SSSR count). The van der Waals surface area contributed by atoms with Crippen molar-refractivity contribution in [1.29, 1.82) is 0 Å². The molecule has 2 N–H and O–H groups in total.